The highest BCUT2D eigenvalue weighted by molar-refractivity contribution is 5.46. The van der Waals surface area contributed by atoms with E-state index in [0.29, 0.717) is 24.4 Å². The molecule has 5 atom stereocenters. The predicted molar refractivity (Wildman–Crippen MR) is 122 cm³/mol. The van der Waals surface area contributed by atoms with Gasteiger partial charge in [0.1, 0.15) is 11.5 Å². The van der Waals surface area contributed by atoms with Gasteiger partial charge in [-0.15, -0.1) is 0 Å². The molecule has 1 aliphatic heterocycles. The average Bonchev–Trinajstić information content (AvgIpc) is 3.35. The number of alkyl halides is 3. The lowest BCUT2D eigenvalue weighted by atomic mass is 9.58. The van der Waals surface area contributed by atoms with Crippen LogP contribution in [-0.2, 0) is 5.41 Å². The molecular formula is C28H32BrF3N2. The van der Waals surface area contributed by atoms with E-state index < -0.39 is 18.0 Å². The third-order valence-electron chi connectivity index (χ3n) is 9.32. The van der Waals surface area contributed by atoms with Crippen LogP contribution in [0.3, 0.4) is 0 Å². The highest BCUT2D eigenvalue weighted by atomic mass is 79.9. The van der Waals surface area contributed by atoms with Crippen LogP contribution in [0.15, 0.2) is 60.7 Å². The van der Waals surface area contributed by atoms with Crippen molar-refractivity contribution in [2.24, 2.45) is 11.8 Å². The summed E-state index contributed by atoms with van der Waals surface area (Å²) in [6.07, 6.45) is 0.660. The standard InChI is InChI=1S/C28H32F3N2.BrH/c1-33(16-8-14-28(29,30)31)25-18-21(17-24-13-15-27(24,25)33)19-26(20-32,22-9-4-2-5-10-22)23-11-6-3-7-12-23;/h2-7,9-12,21,24-25H,8,13-19H2,1H3;1H/q+1;/p-1/t21-,24+,25+,27?,33?;/m1./s1. The first-order chi connectivity index (χ1) is 15.8. The molecule has 3 fully saturated rings. The monoisotopic (exact) mass is 532 g/mol. The summed E-state index contributed by atoms with van der Waals surface area (Å²) in [5.41, 5.74) is 1.58. The van der Waals surface area contributed by atoms with Gasteiger partial charge in [0.15, 0.2) is 5.54 Å². The lowest BCUT2D eigenvalue weighted by Crippen LogP contribution is -3.00. The van der Waals surface area contributed by atoms with Crippen molar-refractivity contribution in [2.45, 2.75) is 68.1 Å². The minimum absolute atomic E-state index is 0. The largest absolute Gasteiger partial charge is 1.00 e. The smallest absolute Gasteiger partial charge is 0.389 e. The molecule has 2 saturated carbocycles. The second-order valence-electron chi connectivity index (χ2n) is 10.7. The number of hydrogen-bond acceptors (Lipinski definition) is 1. The lowest BCUT2D eigenvalue weighted by Gasteiger charge is -2.42. The highest BCUT2D eigenvalue weighted by Gasteiger charge is 2.83. The average molecular weight is 533 g/mol. The number of nitriles is 1. The van der Waals surface area contributed by atoms with Crippen LogP contribution in [0.4, 0.5) is 13.2 Å². The van der Waals surface area contributed by atoms with Crippen molar-refractivity contribution < 1.29 is 34.6 Å². The maximum atomic E-state index is 12.8. The summed E-state index contributed by atoms with van der Waals surface area (Å²) in [5.74, 6) is 0.983. The van der Waals surface area contributed by atoms with Crippen molar-refractivity contribution in [1.82, 2.24) is 0 Å². The van der Waals surface area contributed by atoms with Gasteiger partial charge in [0.05, 0.1) is 19.7 Å². The minimum atomic E-state index is -4.07. The number of likely N-dealkylation sites (N-methyl/N-ethyl adjacent to an activating group) is 1. The number of halogens is 4. The molecule has 0 bridgehead atoms. The fraction of sp³-hybridized carbons (Fsp3) is 0.536. The fourth-order valence-corrected chi connectivity index (χ4v) is 7.71. The zero-order chi connectivity index (χ0) is 23.3. The van der Waals surface area contributed by atoms with Crippen LogP contribution < -0.4 is 17.0 Å². The van der Waals surface area contributed by atoms with Gasteiger partial charge < -0.3 is 21.5 Å². The molecule has 1 saturated heterocycles. The number of rotatable bonds is 7. The Hall–Kier alpha value is -1.84. The normalized spacial score (nSPS) is 31.8. The SMILES string of the molecule is C[N+]1(CCCC(F)(F)F)[C@H]2C[C@H](CC(C#N)(c3ccccc3)c3ccccc3)C[C@@H]3CCC321.[Br-]. The first-order valence-electron chi connectivity index (χ1n) is 12.2. The number of benzene rings is 2. The second kappa shape index (κ2) is 8.99. The second-order valence-corrected chi connectivity index (χ2v) is 10.7. The molecule has 1 spiro atoms. The maximum absolute atomic E-state index is 12.8. The highest BCUT2D eigenvalue weighted by Crippen LogP contribution is 2.70. The molecule has 0 N–H and O–H groups in total. The summed E-state index contributed by atoms with van der Waals surface area (Å²) in [6, 6.07) is 23.3. The molecule has 182 valence electrons. The third-order valence-corrected chi connectivity index (χ3v) is 9.32. The summed E-state index contributed by atoms with van der Waals surface area (Å²) in [7, 11) is 2.20. The first-order valence-corrected chi connectivity index (χ1v) is 12.2. The van der Waals surface area contributed by atoms with E-state index in [1.807, 2.05) is 36.4 Å². The van der Waals surface area contributed by atoms with Gasteiger partial charge in [0, 0.05) is 31.6 Å². The van der Waals surface area contributed by atoms with E-state index in [1.165, 1.54) is 6.42 Å². The number of nitrogens with zero attached hydrogens (tertiary/aromatic N) is 2. The van der Waals surface area contributed by atoms with Gasteiger partial charge in [0.2, 0.25) is 0 Å². The van der Waals surface area contributed by atoms with E-state index in [0.717, 1.165) is 41.3 Å². The van der Waals surface area contributed by atoms with Crippen LogP contribution in [0.25, 0.3) is 0 Å². The molecule has 5 rings (SSSR count). The fourth-order valence-electron chi connectivity index (χ4n) is 7.71. The Balaban J connectivity index is 0.00000274. The molecular weight excluding hydrogens is 501 g/mol. The van der Waals surface area contributed by atoms with Crippen LogP contribution in [0, 0.1) is 23.2 Å². The minimum Gasteiger partial charge on any atom is -1.00 e. The number of likely N-dealkylation sites (tertiary alicyclic amines) is 1. The zero-order valence-electron chi connectivity index (χ0n) is 19.6. The van der Waals surface area contributed by atoms with Crippen molar-refractivity contribution >= 4 is 0 Å². The van der Waals surface area contributed by atoms with Crippen molar-refractivity contribution in [1.29, 1.82) is 5.26 Å². The Morgan fingerprint density at radius 2 is 1.59 bits per heavy atom. The van der Waals surface area contributed by atoms with Crippen molar-refractivity contribution in [3.8, 4) is 6.07 Å². The van der Waals surface area contributed by atoms with E-state index in [1.54, 1.807) is 0 Å². The van der Waals surface area contributed by atoms with Gasteiger partial charge in [-0.3, -0.25) is 0 Å². The maximum Gasteiger partial charge on any atom is 0.389 e. The Morgan fingerprint density at radius 1 is 1.00 bits per heavy atom. The molecule has 3 aliphatic rings. The van der Waals surface area contributed by atoms with Crippen molar-refractivity contribution in [3.05, 3.63) is 71.8 Å². The Bertz CT molecular complexity index is 996. The van der Waals surface area contributed by atoms with Gasteiger partial charge >= 0.3 is 6.18 Å². The summed E-state index contributed by atoms with van der Waals surface area (Å²) >= 11 is 0. The topological polar surface area (TPSA) is 23.8 Å². The van der Waals surface area contributed by atoms with E-state index in [9.17, 15) is 18.4 Å². The summed E-state index contributed by atoms with van der Waals surface area (Å²) in [5, 5.41) is 10.6. The quantitative estimate of drug-likeness (QED) is 0.394. The molecule has 2 nitrogen and oxygen atoms in total. The van der Waals surface area contributed by atoms with E-state index in [4.69, 9.17) is 0 Å². The van der Waals surface area contributed by atoms with Crippen molar-refractivity contribution in [2.75, 3.05) is 13.6 Å². The van der Waals surface area contributed by atoms with Crippen LogP contribution in [0.2, 0.25) is 0 Å². The molecule has 0 amide bonds. The van der Waals surface area contributed by atoms with E-state index in [2.05, 4.69) is 37.4 Å². The number of quaternary nitrogens is 1. The summed E-state index contributed by atoms with van der Waals surface area (Å²) < 4.78 is 39.2. The zero-order valence-corrected chi connectivity index (χ0v) is 21.2. The molecule has 34 heavy (non-hydrogen) atoms. The van der Waals surface area contributed by atoms with Crippen LogP contribution in [-0.4, -0.2) is 35.8 Å². The van der Waals surface area contributed by atoms with Crippen molar-refractivity contribution in [3.63, 3.8) is 0 Å². The van der Waals surface area contributed by atoms with E-state index >= 15 is 0 Å². The van der Waals surface area contributed by atoms with E-state index in [-0.39, 0.29) is 28.9 Å². The van der Waals surface area contributed by atoms with Gasteiger partial charge in [-0.1, -0.05) is 60.7 Å². The Kier molecular flexibility index (Phi) is 6.68. The molecule has 2 aromatic rings. The van der Waals surface area contributed by atoms with Gasteiger partial charge in [-0.25, -0.2) is 0 Å². The molecule has 0 aromatic heterocycles. The Morgan fingerprint density at radius 3 is 2.06 bits per heavy atom. The molecule has 0 radical (unpaired) electrons. The van der Waals surface area contributed by atoms with Gasteiger partial charge in [0.25, 0.3) is 0 Å². The molecule has 2 aliphatic carbocycles. The van der Waals surface area contributed by atoms with Crippen LogP contribution in [0.5, 0.6) is 0 Å². The van der Waals surface area contributed by atoms with Crippen LogP contribution >= 0.6 is 0 Å². The molecule has 1 heterocycles. The summed E-state index contributed by atoms with van der Waals surface area (Å²) in [4.78, 5) is 0. The summed E-state index contributed by atoms with van der Waals surface area (Å²) in [6.45, 7) is 0.619. The molecule has 6 heteroatoms. The van der Waals surface area contributed by atoms with Gasteiger partial charge in [-0.05, 0) is 36.3 Å². The molecule has 2 aromatic carbocycles. The third kappa shape index (κ3) is 3.89. The molecule has 2 unspecified atom stereocenters. The van der Waals surface area contributed by atoms with Gasteiger partial charge in [-0.2, -0.15) is 18.4 Å². The Labute approximate surface area is 211 Å². The predicted octanol–water partition coefficient (Wildman–Crippen LogP) is 3.62. The van der Waals surface area contributed by atoms with Crippen LogP contribution in [0.1, 0.15) is 56.1 Å². The number of hydrogen-bond donors (Lipinski definition) is 0. The lowest BCUT2D eigenvalue weighted by molar-refractivity contribution is -0.828. The first kappa shape index (κ1) is 25.3.